The Morgan fingerprint density at radius 3 is 2.76 bits per heavy atom. The maximum absolute atomic E-state index is 15.0. The van der Waals surface area contributed by atoms with Crippen molar-refractivity contribution in [2.24, 2.45) is 17.1 Å². The van der Waals surface area contributed by atoms with Crippen LogP contribution in [-0.4, -0.2) is 27.0 Å². The monoisotopic (exact) mass is 500 g/mol. The van der Waals surface area contributed by atoms with Crippen molar-refractivity contribution in [2.45, 2.75) is 26.4 Å². The summed E-state index contributed by atoms with van der Waals surface area (Å²) in [5.41, 5.74) is 10.7. The van der Waals surface area contributed by atoms with Crippen molar-refractivity contribution in [1.82, 2.24) is 15.4 Å². The van der Waals surface area contributed by atoms with Crippen LogP contribution in [0.3, 0.4) is 0 Å². The number of ether oxygens (including phenoxy) is 1. The fourth-order valence-corrected chi connectivity index (χ4v) is 4.76. The number of hydrogen-bond acceptors (Lipinski definition) is 6. The van der Waals surface area contributed by atoms with Gasteiger partial charge in [0.1, 0.15) is 6.61 Å². The third-order valence-corrected chi connectivity index (χ3v) is 6.90. The molecular formula is C28H25FN4O4. The average molecular weight is 501 g/mol. The van der Waals surface area contributed by atoms with Gasteiger partial charge in [-0.3, -0.25) is 19.8 Å². The number of hydroxylamine groups is 1. The van der Waals surface area contributed by atoms with Gasteiger partial charge in [0.05, 0.1) is 22.5 Å². The Balaban J connectivity index is 1.39. The van der Waals surface area contributed by atoms with Crippen LogP contribution in [0.25, 0.3) is 22.2 Å². The van der Waals surface area contributed by atoms with Gasteiger partial charge in [0.2, 0.25) is 11.8 Å². The van der Waals surface area contributed by atoms with E-state index in [2.05, 4.69) is 4.98 Å². The first-order valence-electron chi connectivity index (χ1n) is 11.8. The summed E-state index contributed by atoms with van der Waals surface area (Å²) in [5, 5.41) is 9.80. The Hall–Kier alpha value is -4.37. The van der Waals surface area contributed by atoms with Crippen molar-refractivity contribution in [2.75, 3.05) is 0 Å². The predicted octanol–water partition coefficient (Wildman–Crippen LogP) is 3.86. The van der Waals surface area contributed by atoms with Gasteiger partial charge in [-0.25, -0.2) is 14.9 Å². The molecule has 1 aliphatic rings. The lowest BCUT2D eigenvalue weighted by Gasteiger charge is -2.15. The number of carbonyl (C=O) groups excluding carboxylic acids is 2. The highest BCUT2D eigenvalue weighted by Crippen LogP contribution is 2.54. The molecule has 1 aliphatic carbocycles. The molecular weight excluding hydrogens is 475 g/mol. The average Bonchev–Trinajstić information content (AvgIpc) is 3.63. The molecule has 0 bridgehead atoms. The molecule has 2 aromatic heterocycles. The van der Waals surface area contributed by atoms with Gasteiger partial charge in [-0.2, -0.15) is 0 Å². The molecule has 2 atom stereocenters. The lowest BCUT2D eigenvalue weighted by molar-refractivity contribution is -0.134. The van der Waals surface area contributed by atoms with Crippen molar-refractivity contribution >= 4 is 22.7 Å². The molecule has 8 nitrogen and oxygen atoms in total. The second-order valence-electron chi connectivity index (χ2n) is 9.41. The third-order valence-electron chi connectivity index (χ3n) is 6.90. The highest BCUT2D eigenvalue weighted by molar-refractivity contribution is 5.95. The number of aromatic nitrogens is 2. The molecule has 0 spiro atoms. The molecule has 4 N–H and O–H groups in total. The third kappa shape index (κ3) is 4.73. The molecule has 0 aliphatic heterocycles. The molecule has 9 heteroatoms. The van der Waals surface area contributed by atoms with Crippen LogP contribution in [0.2, 0.25) is 0 Å². The van der Waals surface area contributed by atoms with Gasteiger partial charge in [0.25, 0.3) is 0 Å². The first kappa shape index (κ1) is 24.3. The minimum absolute atomic E-state index is 0.0536. The fourth-order valence-electron chi connectivity index (χ4n) is 4.76. The number of amides is 2. The largest absolute Gasteiger partial charge is 0.486 e. The Morgan fingerprint density at radius 1 is 1.22 bits per heavy atom. The summed E-state index contributed by atoms with van der Waals surface area (Å²) >= 11 is 0. The highest BCUT2D eigenvalue weighted by Gasteiger charge is 2.62. The number of halogens is 1. The SMILES string of the molecule is Cc1ccc2nc(-c3cccnc3)cc(COc3ccc(CC4(C(N)=O)CC4C(=O)NO)cc3F)c2c1. The number of fused-ring (bicyclic) bond motifs is 1. The number of hydrogen-bond donors (Lipinski definition) is 3. The Kier molecular flexibility index (Phi) is 6.31. The number of primary amides is 1. The number of carbonyl (C=O) groups is 2. The molecule has 4 aromatic rings. The van der Waals surface area contributed by atoms with Gasteiger partial charge in [-0.15, -0.1) is 0 Å². The van der Waals surface area contributed by atoms with E-state index in [1.807, 2.05) is 43.3 Å². The van der Waals surface area contributed by atoms with Crippen LogP contribution in [0.5, 0.6) is 5.75 Å². The maximum atomic E-state index is 15.0. The standard InChI is InChI=1S/C28H25FN4O4/c1-16-4-6-23-20(9-16)19(11-24(32-23)18-3-2-8-31-14-18)15-37-25-7-5-17(10-22(25)29)12-28(27(30)35)13-21(28)26(34)33-36/h2-11,14,21,36H,12-13,15H2,1H3,(H2,30,35)(H,33,34). The summed E-state index contributed by atoms with van der Waals surface area (Å²) < 4.78 is 20.9. The van der Waals surface area contributed by atoms with E-state index in [0.717, 1.165) is 33.3 Å². The van der Waals surface area contributed by atoms with Gasteiger partial charge in [-0.1, -0.05) is 17.7 Å². The molecule has 188 valence electrons. The summed E-state index contributed by atoms with van der Waals surface area (Å²) in [5.74, 6) is -2.62. The van der Waals surface area contributed by atoms with E-state index in [1.165, 1.54) is 12.1 Å². The Labute approximate surface area is 212 Å². The summed E-state index contributed by atoms with van der Waals surface area (Å²) in [7, 11) is 0. The van der Waals surface area contributed by atoms with E-state index in [-0.39, 0.29) is 25.2 Å². The highest BCUT2D eigenvalue weighted by atomic mass is 19.1. The van der Waals surface area contributed by atoms with Crippen LogP contribution in [-0.2, 0) is 22.6 Å². The zero-order chi connectivity index (χ0) is 26.2. The summed E-state index contributed by atoms with van der Waals surface area (Å²) in [6.45, 7) is 2.10. The molecule has 5 rings (SSSR count). The Bertz CT molecular complexity index is 1510. The normalized spacial score (nSPS) is 18.4. The minimum atomic E-state index is -1.14. The molecule has 2 unspecified atom stereocenters. The van der Waals surface area contributed by atoms with Crippen molar-refractivity contribution in [3.05, 3.63) is 89.5 Å². The van der Waals surface area contributed by atoms with Gasteiger partial charge >= 0.3 is 0 Å². The van der Waals surface area contributed by atoms with Crippen LogP contribution in [0.4, 0.5) is 4.39 Å². The van der Waals surface area contributed by atoms with Crippen LogP contribution in [0.1, 0.15) is 23.1 Å². The lowest BCUT2D eigenvalue weighted by atomic mass is 9.92. The molecule has 1 fully saturated rings. The first-order valence-corrected chi connectivity index (χ1v) is 11.8. The molecule has 2 aromatic carbocycles. The zero-order valence-electron chi connectivity index (χ0n) is 20.1. The molecule has 2 amide bonds. The second-order valence-corrected chi connectivity index (χ2v) is 9.41. The van der Waals surface area contributed by atoms with Crippen molar-refractivity contribution in [3.8, 4) is 17.0 Å². The molecule has 0 radical (unpaired) electrons. The van der Waals surface area contributed by atoms with E-state index in [4.69, 9.17) is 20.7 Å². The number of nitrogens with zero attached hydrogens (tertiary/aromatic N) is 2. The molecule has 0 saturated heterocycles. The number of benzene rings is 2. The van der Waals surface area contributed by atoms with Gasteiger partial charge < -0.3 is 10.5 Å². The van der Waals surface area contributed by atoms with Gasteiger partial charge in [0, 0.05) is 28.9 Å². The number of nitrogens with one attached hydrogen (secondary N) is 1. The van der Waals surface area contributed by atoms with E-state index in [1.54, 1.807) is 23.9 Å². The predicted molar refractivity (Wildman–Crippen MR) is 134 cm³/mol. The van der Waals surface area contributed by atoms with Crippen LogP contribution >= 0.6 is 0 Å². The van der Waals surface area contributed by atoms with Crippen LogP contribution < -0.4 is 16.0 Å². The molecule has 37 heavy (non-hydrogen) atoms. The van der Waals surface area contributed by atoms with Crippen molar-refractivity contribution in [3.63, 3.8) is 0 Å². The minimum Gasteiger partial charge on any atom is -0.486 e. The summed E-state index contributed by atoms with van der Waals surface area (Å²) in [6.07, 6.45) is 3.71. The Morgan fingerprint density at radius 2 is 2.05 bits per heavy atom. The fraction of sp³-hybridized carbons (Fsp3) is 0.214. The van der Waals surface area contributed by atoms with Crippen LogP contribution in [0, 0.1) is 24.1 Å². The number of aryl methyl sites for hydroxylation is 1. The number of pyridine rings is 2. The number of rotatable bonds is 8. The van der Waals surface area contributed by atoms with E-state index < -0.39 is 29.0 Å². The molecule has 1 saturated carbocycles. The van der Waals surface area contributed by atoms with Crippen LogP contribution in [0.15, 0.2) is 67.0 Å². The van der Waals surface area contributed by atoms with Gasteiger partial charge in [-0.05, 0) is 67.8 Å². The summed E-state index contributed by atoms with van der Waals surface area (Å²) in [6, 6.07) is 16.1. The zero-order valence-corrected chi connectivity index (χ0v) is 20.1. The van der Waals surface area contributed by atoms with E-state index >= 15 is 4.39 Å². The van der Waals surface area contributed by atoms with E-state index in [0.29, 0.717) is 5.56 Å². The maximum Gasteiger partial charge on any atom is 0.247 e. The molecule has 2 heterocycles. The van der Waals surface area contributed by atoms with Crippen molar-refractivity contribution in [1.29, 1.82) is 0 Å². The lowest BCUT2D eigenvalue weighted by Crippen LogP contribution is -2.33. The summed E-state index contributed by atoms with van der Waals surface area (Å²) in [4.78, 5) is 32.7. The number of nitrogens with two attached hydrogens (primary N) is 1. The smallest absolute Gasteiger partial charge is 0.247 e. The van der Waals surface area contributed by atoms with Gasteiger partial charge in [0.15, 0.2) is 11.6 Å². The second kappa shape index (κ2) is 9.59. The van der Waals surface area contributed by atoms with E-state index in [9.17, 15) is 9.59 Å². The quantitative estimate of drug-likeness (QED) is 0.249. The first-order chi connectivity index (χ1) is 17.8. The topological polar surface area (TPSA) is 127 Å². The van der Waals surface area contributed by atoms with Crippen molar-refractivity contribution < 1.29 is 23.9 Å².